The molecule has 1 rings (SSSR count). The van der Waals surface area contributed by atoms with Crippen LogP contribution in [0.2, 0.25) is 0 Å². The highest BCUT2D eigenvalue weighted by Crippen LogP contribution is 2.47. The minimum atomic E-state index is -5.12. The Kier molecular flexibility index (Phi) is 32.9. The molecule has 0 bridgehead atoms. The van der Waals surface area contributed by atoms with Crippen LogP contribution in [0, 0.1) is 0 Å². The Bertz CT molecular complexity index is 1220. The third-order valence-corrected chi connectivity index (χ3v) is 11.1. The van der Waals surface area contributed by atoms with Crippen molar-refractivity contribution >= 4 is 19.8 Å². The monoisotopic (exact) mass is 859 g/mol. The van der Waals surface area contributed by atoms with Crippen LogP contribution in [0.15, 0.2) is 48.6 Å². The van der Waals surface area contributed by atoms with Gasteiger partial charge in [0.05, 0.1) is 6.61 Å². The summed E-state index contributed by atoms with van der Waals surface area (Å²) in [7, 11) is -5.12. The molecule has 59 heavy (non-hydrogen) atoms. The van der Waals surface area contributed by atoms with Crippen LogP contribution in [0.25, 0.3) is 0 Å². The van der Waals surface area contributed by atoms with Gasteiger partial charge in [-0.1, -0.05) is 127 Å². The van der Waals surface area contributed by atoms with E-state index in [2.05, 4.69) is 62.5 Å². The third kappa shape index (κ3) is 28.1. The number of phosphoric ester groups is 1. The second-order valence-electron chi connectivity index (χ2n) is 15.5. The molecule has 14 heteroatoms. The number of aliphatic hydroxyl groups excluding tert-OH is 5. The molecular formula is C45H79O13P. The van der Waals surface area contributed by atoms with E-state index in [0.29, 0.717) is 12.8 Å². The highest BCUT2D eigenvalue weighted by atomic mass is 31.2. The summed E-state index contributed by atoms with van der Waals surface area (Å²) in [5, 5.41) is 50.1. The van der Waals surface area contributed by atoms with E-state index in [1.807, 2.05) is 0 Å². The van der Waals surface area contributed by atoms with Crippen LogP contribution in [-0.4, -0.2) is 98.3 Å². The van der Waals surface area contributed by atoms with Crippen molar-refractivity contribution in [1.29, 1.82) is 0 Å². The molecular weight excluding hydrogens is 779 g/mol. The minimum Gasteiger partial charge on any atom is -0.462 e. The van der Waals surface area contributed by atoms with E-state index in [0.717, 1.165) is 83.5 Å². The maximum Gasteiger partial charge on any atom is 0.472 e. The van der Waals surface area contributed by atoms with Crippen LogP contribution in [-0.2, 0) is 32.7 Å². The Labute approximate surface area is 354 Å². The first kappa shape index (κ1) is 54.8. The summed E-state index contributed by atoms with van der Waals surface area (Å²) in [6, 6.07) is 0. The summed E-state index contributed by atoms with van der Waals surface area (Å²) >= 11 is 0. The lowest BCUT2D eigenvalue weighted by molar-refractivity contribution is -0.220. The van der Waals surface area contributed by atoms with Gasteiger partial charge in [0.1, 0.15) is 43.2 Å². The Morgan fingerprint density at radius 2 is 0.915 bits per heavy atom. The van der Waals surface area contributed by atoms with E-state index in [1.165, 1.54) is 44.9 Å². The second-order valence-corrected chi connectivity index (χ2v) is 16.9. The average molecular weight is 859 g/mol. The fourth-order valence-electron chi connectivity index (χ4n) is 6.46. The number of carbonyl (C=O) groups is 2. The van der Waals surface area contributed by atoms with Gasteiger partial charge in [-0.15, -0.1) is 0 Å². The molecule has 6 unspecified atom stereocenters. The van der Waals surface area contributed by atoms with Crippen molar-refractivity contribution in [1.82, 2.24) is 0 Å². The number of ether oxygens (including phenoxy) is 2. The standard InChI is InChI=1S/C45H79O13P/c1-3-5-7-9-11-13-15-17-18-19-20-22-23-25-27-29-31-33-38(46)55-35-37(36-56-59(53,54)58-45-43(51)41(49)40(48)42(50)44(45)52)57-39(47)34-32-30-28-26-24-21-16-14-12-10-8-6-4-2/h11,13-14,16-18,20,22,37,40-45,48-52H,3-10,12,15,19,21,23-36H2,1-2H3,(H,53,54)/b13-11-,16-14-,18-17-,22-20-/t37-,40?,41-,42?,43?,44?,45?/m1/s1. The molecule has 1 aliphatic rings. The second kappa shape index (κ2) is 35.4. The number of allylic oxidation sites excluding steroid dienone is 8. The molecule has 0 aromatic rings. The molecule has 0 amide bonds. The first-order chi connectivity index (χ1) is 28.4. The fraction of sp³-hybridized carbons (Fsp3) is 0.778. The number of rotatable bonds is 36. The van der Waals surface area contributed by atoms with Gasteiger partial charge in [-0.25, -0.2) is 4.57 Å². The summed E-state index contributed by atoms with van der Waals surface area (Å²) in [6.07, 6.45) is 27.4. The van der Waals surface area contributed by atoms with Crippen molar-refractivity contribution in [3.05, 3.63) is 48.6 Å². The summed E-state index contributed by atoms with van der Waals surface area (Å²) in [6.45, 7) is 3.21. The molecule has 1 fully saturated rings. The molecule has 1 saturated carbocycles. The fourth-order valence-corrected chi connectivity index (χ4v) is 7.44. The summed E-state index contributed by atoms with van der Waals surface area (Å²) in [4.78, 5) is 35.6. The maximum absolute atomic E-state index is 12.8. The van der Waals surface area contributed by atoms with Crippen LogP contribution in [0.1, 0.15) is 168 Å². The third-order valence-electron chi connectivity index (χ3n) is 10.1. The molecule has 6 N–H and O–H groups in total. The first-order valence-electron chi connectivity index (χ1n) is 22.4. The number of phosphoric acid groups is 1. The van der Waals surface area contributed by atoms with Gasteiger partial charge in [-0.2, -0.15) is 0 Å². The zero-order valence-corrected chi connectivity index (χ0v) is 36.9. The molecule has 1 aliphatic carbocycles. The molecule has 0 saturated heterocycles. The van der Waals surface area contributed by atoms with Crippen LogP contribution in [0.4, 0.5) is 0 Å². The van der Waals surface area contributed by atoms with Gasteiger partial charge < -0.3 is 39.9 Å². The average Bonchev–Trinajstić information content (AvgIpc) is 3.21. The van der Waals surface area contributed by atoms with E-state index < -0.39 is 75.7 Å². The number of unbranched alkanes of at least 4 members (excludes halogenated alkanes) is 16. The van der Waals surface area contributed by atoms with E-state index in [9.17, 15) is 44.6 Å². The molecule has 13 nitrogen and oxygen atoms in total. The van der Waals surface area contributed by atoms with Gasteiger partial charge in [-0.05, 0) is 77.0 Å². The van der Waals surface area contributed by atoms with Crippen LogP contribution < -0.4 is 0 Å². The molecule has 342 valence electrons. The summed E-state index contributed by atoms with van der Waals surface area (Å²) < 4.78 is 33.4. The number of hydrogen-bond donors (Lipinski definition) is 6. The number of aliphatic hydroxyl groups is 5. The minimum absolute atomic E-state index is 0.0801. The van der Waals surface area contributed by atoms with Gasteiger partial charge in [0.15, 0.2) is 6.10 Å². The van der Waals surface area contributed by atoms with Gasteiger partial charge in [-0.3, -0.25) is 18.6 Å². The largest absolute Gasteiger partial charge is 0.472 e. The van der Waals surface area contributed by atoms with Crippen molar-refractivity contribution < 1.29 is 63.1 Å². The smallest absolute Gasteiger partial charge is 0.462 e. The highest BCUT2D eigenvalue weighted by molar-refractivity contribution is 7.47. The van der Waals surface area contributed by atoms with E-state index in [1.54, 1.807) is 0 Å². The van der Waals surface area contributed by atoms with E-state index >= 15 is 0 Å². The van der Waals surface area contributed by atoms with Crippen molar-refractivity contribution in [3.63, 3.8) is 0 Å². The van der Waals surface area contributed by atoms with Crippen LogP contribution >= 0.6 is 7.82 Å². The van der Waals surface area contributed by atoms with Crippen molar-refractivity contribution in [2.45, 2.75) is 211 Å². The zero-order valence-electron chi connectivity index (χ0n) is 36.0. The molecule has 0 aromatic heterocycles. The quantitative estimate of drug-likeness (QED) is 0.0152. The molecule has 0 heterocycles. The molecule has 0 aromatic carbocycles. The van der Waals surface area contributed by atoms with Gasteiger partial charge in [0, 0.05) is 12.8 Å². The Balaban J connectivity index is 2.50. The molecule has 0 radical (unpaired) electrons. The lowest BCUT2D eigenvalue weighted by Crippen LogP contribution is -2.64. The Morgan fingerprint density at radius 3 is 1.44 bits per heavy atom. The first-order valence-corrected chi connectivity index (χ1v) is 23.9. The number of carbonyl (C=O) groups excluding carboxylic acids is 2. The maximum atomic E-state index is 12.8. The summed E-state index contributed by atoms with van der Waals surface area (Å²) in [5.74, 6) is -1.14. The molecule has 8 atom stereocenters. The number of hydrogen-bond acceptors (Lipinski definition) is 12. The lowest BCUT2D eigenvalue weighted by atomic mass is 9.85. The van der Waals surface area contributed by atoms with Crippen LogP contribution in [0.5, 0.6) is 0 Å². The van der Waals surface area contributed by atoms with Gasteiger partial charge >= 0.3 is 19.8 Å². The predicted molar refractivity (Wildman–Crippen MR) is 230 cm³/mol. The van der Waals surface area contributed by atoms with Crippen molar-refractivity contribution in [2.24, 2.45) is 0 Å². The van der Waals surface area contributed by atoms with E-state index in [4.69, 9.17) is 18.5 Å². The Hall–Kier alpha value is -2.19. The summed E-state index contributed by atoms with van der Waals surface area (Å²) in [5.41, 5.74) is 0. The highest BCUT2D eigenvalue weighted by Gasteiger charge is 2.51. The van der Waals surface area contributed by atoms with Gasteiger partial charge in [0.25, 0.3) is 0 Å². The predicted octanol–water partition coefficient (Wildman–Crippen LogP) is 8.39. The molecule has 0 spiro atoms. The Morgan fingerprint density at radius 1 is 0.525 bits per heavy atom. The van der Waals surface area contributed by atoms with Crippen LogP contribution in [0.3, 0.4) is 0 Å². The number of esters is 2. The SMILES string of the molecule is CCCCC/C=C\C/C=C\C/C=C\CCCCCCC(=O)OC[C@H](COP(=O)(O)OC1C(O)C(O)C(O)[C@@H](O)C1O)OC(=O)CCCCCCC/C=C\CCCCCC. The normalized spacial score (nSPS) is 22.8. The molecule has 0 aliphatic heterocycles. The van der Waals surface area contributed by atoms with Gasteiger partial charge in [0.2, 0.25) is 0 Å². The van der Waals surface area contributed by atoms with E-state index in [-0.39, 0.29) is 12.8 Å². The lowest BCUT2D eigenvalue weighted by Gasteiger charge is -2.41. The topological polar surface area (TPSA) is 210 Å². The van der Waals surface area contributed by atoms with Crippen molar-refractivity contribution in [3.8, 4) is 0 Å². The van der Waals surface area contributed by atoms with Crippen molar-refractivity contribution in [2.75, 3.05) is 13.2 Å². The zero-order chi connectivity index (χ0) is 43.6.